The number of nitrogens with one attached hydrogen (secondary N) is 1. The summed E-state index contributed by atoms with van der Waals surface area (Å²) in [6, 6.07) is -0.241. The van der Waals surface area contributed by atoms with Crippen molar-refractivity contribution in [1.82, 2.24) is 10.2 Å². The van der Waals surface area contributed by atoms with E-state index in [9.17, 15) is 14.4 Å². The van der Waals surface area contributed by atoms with E-state index >= 15 is 0 Å². The van der Waals surface area contributed by atoms with Crippen LogP contribution in [-0.2, 0) is 9.59 Å². The molecule has 0 heterocycles. The third-order valence-corrected chi connectivity index (χ3v) is 2.42. The lowest BCUT2D eigenvalue weighted by Crippen LogP contribution is -2.45. The number of aliphatic carboxylic acids is 1. The molecule has 6 nitrogen and oxygen atoms in total. The summed E-state index contributed by atoms with van der Waals surface area (Å²) in [5.74, 6) is -1.61. The molecule has 1 fully saturated rings. The van der Waals surface area contributed by atoms with E-state index in [1.54, 1.807) is 4.90 Å². The van der Waals surface area contributed by atoms with Crippen LogP contribution in [0.4, 0.5) is 4.79 Å². The highest BCUT2D eigenvalue weighted by atomic mass is 16.4. The van der Waals surface area contributed by atoms with Gasteiger partial charge < -0.3 is 10.0 Å². The topological polar surface area (TPSA) is 86.7 Å². The van der Waals surface area contributed by atoms with E-state index in [0.29, 0.717) is 18.5 Å². The third-order valence-electron chi connectivity index (χ3n) is 2.42. The van der Waals surface area contributed by atoms with Crippen molar-refractivity contribution in [1.29, 1.82) is 0 Å². The molecule has 0 aromatic heterocycles. The van der Waals surface area contributed by atoms with Gasteiger partial charge in [0.05, 0.1) is 0 Å². The lowest BCUT2D eigenvalue weighted by molar-refractivity contribution is -0.131. The highest BCUT2D eigenvalue weighted by molar-refractivity contribution is 6.02. The molecule has 0 aromatic rings. The van der Waals surface area contributed by atoms with Gasteiger partial charge in [0.15, 0.2) is 0 Å². The van der Waals surface area contributed by atoms with Gasteiger partial charge in [-0.05, 0) is 18.8 Å². The fraction of sp³-hybridized carbons (Fsp3) is 0.583. The van der Waals surface area contributed by atoms with Crippen LogP contribution in [0.1, 0.15) is 26.7 Å². The molecule has 0 bridgehead atoms. The fourth-order valence-corrected chi connectivity index (χ4v) is 1.54. The predicted molar refractivity (Wildman–Crippen MR) is 64.9 cm³/mol. The van der Waals surface area contributed by atoms with Crippen molar-refractivity contribution in [3.63, 3.8) is 0 Å². The number of hydrogen-bond acceptors (Lipinski definition) is 3. The highest BCUT2D eigenvalue weighted by Crippen LogP contribution is 2.27. The van der Waals surface area contributed by atoms with E-state index in [-0.39, 0.29) is 6.04 Å². The standard InChI is InChI=1S/C12H18N2O4/c1-8(2)7-14(9-3-4-9)12(18)13-10(15)5-6-11(16)17/h5-6,8-9H,3-4,7H2,1-2H3,(H,16,17)(H,13,15,18). The van der Waals surface area contributed by atoms with Crippen LogP contribution in [0.15, 0.2) is 12.2 Å². The van der Waals surface area contributed by atoms with E-state index in [1.807, 2.05) is 13.8 Å². The number of imide groups is 1. The second kappa shape index (κ2) is 6.18. The van der Waals surface area contributed by atoms with Crippen LogP contribution in [0.3, 0.4) is 0 Å². The van der Waals surface area contributed by atoms with Crippen molar-refractivity contribution >= 4 is 17.9 Å². The lowest BCUT2D eigenvalue weighted by Gasteiger charge is -2.23. The Morgan fingerprint density at radius 2 is 1.94 bits per heavy atom. The number of hydrogen-bond donors (Lipinski definition) is 2. The van der Waals surface area contributed by atoms with Gasteiger partial charge in [0.1, 0.15) is 0 Å². The number of carboxylic acids is 1. The van der Waals surface area contributed by atoms with E-state index in [4.69, 9.17) is 5.11 Å². The van der Waals surface area contributed by atoms with Gasteiger partial charge >= 0.3 is 12.0 Å². The first-order valence-electron chi connectivity index (χ1n) is 5.92. The van der Waals surface area contributed by atoms with E-state index in [2.05, 4.69) is 5.32 Å². The van der Waals surface area contributed by atoms with Crippen molar-refractivity contribution in [2.75, 3.05) is 6.54 Å². The van der Waals surface area contributed by atoms with Crippen LogP contribution in [-0.4, -0.2) is 40.5 Å². The Kier molecular flexibility index (Phi) is 4.88. The van der Waals surface area contributed by atoms with Crippen molar-refractivity contribution in [3.05, 3.63) is 12.2 Å². The van der Waals surface area contributed by atoms with Crippen LogP contribution >= 0.6 is 0 Å². The van der Waals surface area contributed by atoms with Crippen LogP contribution in [0, 0.1) is 5.92 Å². The molecule has 100 valence electrons. The molecule has 1 saturated carbocycles. The monoisotopic (exact) mass is 254 g/mol. The van der Waals surface area contributed by atoms with E-state index in [1.165, 1.54) is 0 Å². The Labute approximate surface area is 106 Å². The normalized spacial score (nSPS) is 14.8. The summed E-state index contributed by atoms with van der Waals surface area (Å²) in [7, 11) is 0. The van der Waals surface area contributed by atoms with Gasteiger partial charge in [0.25, 0.3) is 5.91 Å². The minimum atomic E-state index is -1.22. The summed E-state index contributed by atoms with van der Waals surface area (Å²) in [6.45, 7) is 4.58. The second-order valence-corrected chi connectivity index (χ2v) is 4.74. The number of urea groups is 1. The maximum atomic E-state index is 11.8. The Morgan fingerprint density at radius 3 is 2.39 bits per heavy atom. The molecule has 0 atom stereocenters. The Bertz CT molecular complexity index is 372. The molecule has 6 heteroatoms. The van der Waals surface area contributed by atoms with Gasteiger partial charge in [-0.2, -0.15) is 0 Å². The first-order chi connectivity index (χ1) is 8.40. The first kappa shape index (κ1) is 14.2. The summed E-state index contributed by atoms with van der Waals surface area (Å²) in [5.41, 5.74) is 0. The number of carboxylic acid groups (broad SMARTS) is 1. The lowest BCUT2D eigenvalue weighted by atomic mass is 10.2. The van der Waals surface area contributed by atoms with Crippen LogP contribution < -0.4 is 5.32 Å². The molecule has 0 saturated heterocycles. The summed E-state index contributed by atoms with van der Waals surface area (Å²) >= 11 is 0. The smallest absolute Gasteiger partial charge is 0.328 e. The molecule has 0 spiro atoms. The van der Waals surface area contributed by atoms with Crippen molar-refractivity contribution in [2.45, 2.75) is 32.7 Å². The molecule has 1 aliphatic carbocycles. The zero-order valence-corrected chi connectivity index (χ0v) is 10.5. The molecule has 1 rings (SSSR count). The number of carbonyl (C=O) groups is 3. The third kappa shape index (κ3) is 4.99. The van der Waals surface area contributed by atoms with Crippen LogP contribution in [0.5, 0.6) is 0 Å². The Balaban J connectivity index is 2.51. The van der Waals surface area contributed by atoms with Gasteiger partial charge in [-0.15, -0.1) is 0 Å². The molecule has 2 N–H and O–H groups in total. The Hall–Kier alpha value is -1.85. The van der Waals surface area contributed by atoms with Gasteiger partial charge in [-0.1, -0.05) is 13.8 Å². The molecule has 0 unspecified atom stereocenters. The van der Waals surface area contributed by atoms with Gasteiger partial charge in [-0.3, -0.25) is 10.1 Å². The summed E-state index contributed by atoms with van der Waals surface area (Å²) in [6.07, 6.45) is 3.45. The van der Waals surface area contributed by atoms with Gasteiger partial charge in [0.2, 0.25) is 0 Å². The molecule has 0 aliphatic heterocycles. The van der Waals surface area contributed by atoms with Crippen LogP contribution in [0.25, 0.3) is 0 Å². The zero-order chi connectivity index (χ0) is 13.7. The fourth-order valence-electron chi connectivity index (χ4n) is 1.54. The first-order valence-corrected chi connectivity index (χ1v) is 5.92. The van der Waals surface area contributed by atoms with Crippen molar-refractivity contribution < 1.29 is 19.5 Å². The average Bonchev–Trinajstić information content (AvgIpc) is 3.06. The molecule has 18 heavy (non-hydrogen) atoms. The predicted octanol–water partition coefficient (Wildman–Crippen LogP) is 0.984. The SMILES string of the molecule is CC(C)CN(C(=O)NC(=O)C=CC(=O)O)C1CC1. The largest absolute Gasteiger partial charge is 0.478 e. The number of rotatable bonds is 5. The molecule has 0 radical (unpaired) electrons. The minimum Gasteiger partial charge on any atom is -0.478 e. The second-order valence-electron chi connectivity index (χ2n) is 4.74. The highest BCUT2D eigenvalue weighted by Gasteiger charge is 2.33. The molecule has 1 aliphatic rings. The number of carbonyl (C=O) groups excluding carboxylic acids is 2. The number of amides is 3. The maximum absolute atomic E-state index is 11.8. The summed E-state index contributed by atoms with van der Waals surface area (Å²) < 4.78 is 0. The van der Waals surface area contributed by atoms with Crippen molar-refractivity contribution in [3.8, 4) is 0 Å². The van der Waals surface area contributed by atoms with Crippen molar-refractivity contribution in [2.24, 2.45) is 5.92 Å². The Morgan fingerprint density at radius 1 is 1.33 bits per heavy atom. The van der Waals surface area contributed by atoms with Gasteiger partial charge in [-0.25, -0.2) is 9.59 Å². The molecule has 3 amide bonds. The molecule has 0 aromatic carbocycles. The zero-order valence-electron chi connectivity index (χ0n) is 10.5. The number of nitrogens with zero attached hydrogens (tertiary/aromatic N) is 1. The van der Waals surface area contributed by atoms with E-state index < -0.39 is 17.9 Å². The van der Waals surface area contributed by atoms with Gasteiger partial charge in [0, 0.05) is 24.7 Å². The molecular weight excluding hydrogens is 236 g/mol. The van der Waals surface area contributed by atoms with Crippen LogP contribution in [0.2, 0.25) is 0 Å². The maximum Gasteiger partial charge on any atom is 0.328 e. The molecular formula is C12H18N2O4. The summed E-state index contributed by atoms with van der Waals surface area (Å²) in [5, 5.41) is 10.5. The van der Waals surface area contributed by atoms with E-state index in [0.717, 1.165) is 18.9 Å². The minimum absolute atomic E-state index is 0.212. The summed E-state index contributed by atoms with van der Waals surface area (Å²) in [4.78, 5) is 35.0. The quantitative estimate of drug-likeness (QED) is 0.716. The average molecular weight is 254 g/mol.